The van der Waals surface area contributed by atoms with Crippen LogP contribution in [0.5, 0.6) is 0 Å². The Balaban J connectivity index is 0.000000181. The second kappa shape index (κ2) is 14.1. The van der Waals surface area contributed by atoms with Crippen molar-refractivity contribution in [3.63, 3.8) is 0 Å². The lowest BCUT2D eigenvalue weighted by atomic mass is 9.99. The Morgan fingerprint density at radius 2 is 1.15 bits per heavy atom. The van der Waals surface area contributed by atoms with Gasteiger partial charge >= 0.3 is 11.9 Å². The molecule has 0 aliphatic heterocycles. The minimum Gasteiger partial charge on any atom is -0.462 e. The minimum absolute atomic E-state index is 0.0102. The van der Waals surface area contributed by atoms with Crippen LogP contribution in [0, 0.1) is 0 Å². The molecule has 0 aliphatic carbocycles. The second-order valence-corrected chi connectivity index (χ2v) is 12.5. The van der Waals surface area contributed by atoms with Crippen LogP contribution in [0.25, 0.3) is 43.6 Å². The van der Waals surface area contributed by atoms with Crippen molar-refractivity contribution in [2.45, 2.75) is 51.7 Å². The number of aliphatic hydroxyl groups excluding tert-OH is 2. The summed E-state index contributed by atoms with van der Waals surface area (Å²) in [6.45, 7) is 6.67. The lowest BCUT2D eigenvalue weighted by Crippen LogP contribution is -2.22. The van der Waals surface area contributed by atoms with E-state index in [1.165, 1.54) is 0 Å². The van der Waals surface area contributed by atoms with Gasteiger partial charge in [0, 0.05) is 53.7 Å². The summed E-state index contributed by atoms with van der Waals surface area (Å²) in [5.41, 5.74) is 5.65. The van der Waals surface area contributed by atoms with Crippen LogP contribution in [0.15, 0.2) is 72.8 Å². The van der Waals surface area contributed by atoms with Crippen LogP contribution in [-0.4, -0.2) is 57.5 Å². The Labute approximate surface area is 276 Å². The molecule has 0 fully saturated rings. The molecule has 4 atom stereocenters. The third kappa shape index (κ3) is 7.32. The predicted octanol–water partition coefficient (Wildman–Crippen LogP) is 8.00. The number of carbonyl (C=O) groups is 2. The van der Waals surface area contributed by atoms with Gasteiger partial charge in [-0.1, -0.05) is 47.5 Å². The van der Waals surface area contributed by atoms with Gasteiger partial charge in [-0.3, -0.25) is 9.59 Å². The number of carbonyl (C=O) groups excluding carboxylic acids is 2. The largest absolute Gasteiger partial charge is 0.462 e. The first-order valence-corrected chi connectivity index (χ1v) is 15.8. The number of halogens is 2. The van der Waals surface area contributed by atoms with E-state index in [1.807, 2.05) is 72.8 Å². The van der Waals surface area contributed by atoms with Crippen LogP contribution in [0.4, 0.5) is 0 Å². The van der Waals surface area contributed by atoms with E-state index in [-0.39, 0.29) is 25.2 Å². The van der Waals surface area contributed by atoms with E-state index in [0.717, 1.165) is 54.7 Å². The summed E-state index contributed by atoms with van der Waals surface area (Å²) in [6, 6.07) is 23.2. The standard InChI is InChI=1S/2C18H18ClNO3/c1-10(21)9-23-18(22)11(2)12-3-5-14-15-8-13(19)4-6-16(15)20-17(14)7-12;1-10(9-21)23-18(22)11(2)12-3-5-14-15-8-13(19)4-6-16(15)20-17(14)7-12/h2*3-8,10-11,20-21H,9H2,1-2H3. The summed E-state index contributed by atoms with van der Waals surface area (Å²) in [5.74, 6) is -1.48. The van der Waals surface area contributed by atoms with Gasteiger partial charge in [0.15, 0.2) is 0 Å². The summed E-state index contributed by atoms with van der Waals surface area (Å²) < 4.78 is 10.3. The summed E-state index contributed by atoms with van der Waals surface area (Å²) in [4.78, 5) is 30.8. The molecule has 4 N–H and O–H groups in total. The zero-order valence-corrected chi connectivity index (χ0v) is 27.4. The van der Waals surface area contributed by atoms with E-state index in [0.29, 0.717) is 10.0 Å². The Bertz CT molecular complexity index is 2030. The van der Waals surface area contributed by atoms with Gasteiger partial charge in [-0.05, 0) is 87.4 Å². The highest BCUT2D eigenvalue weighted by molar-refractivity contribution is 6.32. The molecule has 0 saturated carbocycles. The van der Waals surface area contributed by atoms with Crippen LogP contribution >= 0.6 is 23.2 Å². The van der Waals surface area contributed by atoms with Gasteiger partial charge in [0.2, 0.25) is 0 Å². The van der Waals surface area contributed by atoms with Crippen molar-refractivity contribution in [2.24, 2.45) is 0 Å². The van der Waals surface area contributed by atoms with Crippen molar-refractivity contribution in [3.8, 4) is 0 Å². The number of H-pyrrole nitrogens is 2. The van der Waals surface area contributed by atoms with Crippen molar-refractivity contribution in [1.29, 1.82) is 0 Å². The predicted molar refractivity (Wildman–Crippen MR) is 184 cm³/mol. The molecule has 2 aromatic heterocycles. The van der Waals surface area contributed by atoms with Gasteiger partial charge in [0.05, 0.1) is 24.5 Å². The lowest BCUT2D eigenvalue weighted by molar-refractivity contribution is -0.151. The molecule has 8 nitrogen and oxygen atoms in total. The van der Waals surface area contributed by atoms with Crippen molar-refractivity contribution in [1.82, 2.24) is 9.97 Å². The maximum absolute atomic E-state index is 12.1. The van der Waals surface area contributed by atoms with Crippen molar-refractivity contribution in [2.75, 3.05) is 13.2 Å². The molecule has 4 unspecified atom stereocenters. The Kier molecular flexibility index (Phi) is 10.2. The molecular weight excluding hydrogens is 627 g/mol. The first-order chi connectivity index (χ1) is 21.9. The normalized spacial score (nSPS) is 14.1. The number of nitrogens with one attached hydrogen (secondary N) is 2. The van der Waals surface area contributed by atoms with E-state index < -0.39 is 24.0 Å². The number of esters is 2. The molecule has 10 heteroatoms. The van der Waals surface area contributed by atoms with Gasteiger partial charge < -0.3 is 29.7 Å². The van der Waals surface area contributed by atoms with Crippen LogP contribution in [0.1, 0.15) is 50.7 Å². The fraction of sp³-hybridized carbons (Fsp3) is 0.278. The molecule has 6 aromatic rings. The van der Waals surface area contributed by atoms with E-state index in [1.54, 1.807) is 27.7 Å². The fourth-order valence-electron chi connectivity index (χ4n) is 5.26. The monoisotopic (exact) mass is 662 g/mol. The lowest BCUT2D eigenvalue weighted by Gasteiger charge is -2.15. The molecule has 2 heterocycles. The van der Waals surface area contributed by atoms with Crippen molar-refractivity contribution < 1.29 is 29.3 Å². The number of rotatable bonds is 8. The number of benzene rings is 4. The maximum atomic E-state index is 12.1. The number of aromatic nitrogens is 2. The van der Waals surface area contributed by atoms with Gasteiger partial charge in [0.25, 0.3) is 0 Å². The van der Waals surface area contributed by atoms with Crippen molar-refractivity contribution >= 4 is 78.8 Å². The van der Waals surface area contributed by atoms with Gasteiger partial charge in [-0.15, -0.1) is 0 Å². The van der Waals surface area contributed by atoms with E-state index >= 15 is 0 Å². The van der Waals surface area contributed by atoms with Crippen LogP contribution in [0.2, 0.25) is 10.0 Å². The maximum Gasteiger partial charge on any atom is 0.313 e. The van der Waals surface area contributed by atoms with E-state index in [9.17, 15) is 14.7 Å². The average molecular weight is 664 g/mol. The fourth-order valence-corrected chi connectivity index (χ4v) is 5.61. The summed E-state index contributed by atoms with van der Waals surface area (Å²) in [7, 11) is 0. The third-order valence-corrected chi connectivity index (χ3v) is 8.39. The highest BCUT2D eigenvalue weighted by Gasteiger charge is 2.21. The Hall–Kier alpha value is -4.08. The number of fused-ring (bicyclic) bond motifs is 6. The second-order valence-electron chi connectivity index (χ2n) is 11.6. The highest BCUT2D eigenvalue weighted by atomic mass is 35.5. The Morgan fingerprint density at radius 1 is 0.674 bits per heavy atom. The van der Waals surface area contributed by atoms with Gasteiger partial charge in [-0.25, -0.2) is 0 Å². The average Bonchev–Trinajstić information content (AvgIpc) is 3.59. The summed E-state index contributed by atoms with van der Waals surface area (Å²) in [6.07, 6.45) is -1.16. The zero-order valence-electron chi connectivity index (χ0n) is 25.9. The van der Waals surface area contributed by atoms with Crippen LogP contribution in [0.3, 0.4) is 0 Å². The smallest absolute Gasteiger partial charge is 0.313 e. The molecule has 0 radical (unpaired) electrons. The molecule has 0 aliphatic rings. The molecule has 0 saturated heterocycles. The number of hydrogen-bond acceptors (Lipinski definition) is 6. The van der Waals surface area contributed by atoms with Crippen LogP contribution in [-0.2, 0) is 19.1 Å². The topological polar surface area (TPSA) is 125 Å². The van der Waals surface area contributed by atoms with E-state index in [2.05, 4.69) is 9.97 Å². The summed E-state index contributed by atoms with van der Waals surface area (Å²) >= 11 is 12.1. The van der Waals surface area contributed by atoms with Gasteiger partial charge in [0.1, 0.15) is 12.7 Å². The SMILES string of the molecule is CC(CO)OC(=O)C(C)c1ccc2c(c1)[nH]c1ccc(Cl)cc12.CC(O)COC(=O)C(C)c1ccc2c(c1)[nH]c1ccc(Cl)cc12. The summed E-state index contributed by atoms with van der Waals surface area (Å²) in [5, 5.41) is 23.8. The molecule has 0 bridgehead atoms. The number of ether oxygens (including phenoxy) is 2. The molecule has 0 spiro atoms. The molecule has 46 heavy (non-hydrogen) atoms. The zero-order chi connectivity index (χ0) is 33.1. The number of hydrogen-bond donors (Lipinski definition) is 4. The molecule has 4 aromatic carbocycles. The Morgan fingerprint density at radius 3 is 1.61 bits per heavy atom. The first-order valence-electron chi connectivity index (χ1n) is 15.0. The number of aromatic amines is 2. The van der Waals surface area contributed by atoms with Gasteiger partial charge in [-0.2, -0.15) is 0 Å². The minimum atomic E-state index is -0.660. The third-order valence-electron chi connectivity index (χ3n) is 7.92. The highest BCUT2D eigenvalue weighted by Crippen LogP contribution is 2.32. The number of aliphatic hydroxyl groups is 2. The molecule has 6 rings (SSSR count). The first kappa shape index (κ1) is 33.3. The quantitative estimate of drug-likeness (QED) is 0.122. The molecule has 0 amide bonds. The van der Waals surface area contributed by atoms with Crippen molar-refractivity contribution in [3.05, 3.63) is 94.0 Å². The van der Waals surface area contributed by atoms with Crippen LogP contribution < -0.4 is 0 Å². The molecule has 240 valence electrons. The van der Waals surface area contributed by atoms with E-state index in [4.69, 9.17) is 37.8 Å². The molecular formula is C36H36Cl2N2O6.